The second-order valence-corrected chi connectivity index (χ2v) is 11.5. The van der Waals surface area contributed by atoms with Crippen molar-refractivity contribution in [3.05, 3.63) is 34.5 Å². The highest BCUT2D eigenvalue weighted by Gasteiger charge is 2.46. The van der Waals surface area contributed by atoms with E-state index in [9.17, 15) is 12.8 Å². The summed E-state index contributed by atoms with van der Waals surface area (Å²) >= 11 is 7.55. The minimum atomic E-state index is -4.12. The number of anilines is 2. The molecule has 1 N–H and O–H groups in total. The molecule has 2 aliphatic heterocycles. The lowest BCUT2D eigenvalue weighted by atomic mass is 9.88. The zero-order valence-electron chi connectivity index (χ0n) is 16.5. The van der Waals surface area contributed by atoms with Crippen LogP contribution in [0.2, 0.25) is 5.02 Å². The maximum Gasteiger partial charge on any atom is 0.266 e. The molecule has 0 amide bonds. The van der Waals surface area contributed by atoms with Gasteiger partial charge in [-0.25, -0.2) is 17.8 Å². The molecule has 2 aromatic rings. The van der Waals surface area contributed by atoms with Gasteiger partial charge in [0.15, 0.2) is 5.13 Å². The largest absolute Gasteiger partial charge is 0.369 e. The van der Waals surface area contributed by atoms with Crippen LogP contribution in [-0.4, -0.2) is 50.5 Å². The standard InChI is InChI=1S/C19H24ClFN4O2S2/c1-19(2)10-16-14(4-6-25(16)11-19)24(3)15-9-13(21)17(8-12(15)20)29(26,27)23-18-22-5-7-28-18/h5,7-9,14,16H,4,6,10-11H2,1-3H3,(H,22,23)/t14-,16?/m1/s1. The van der Waals surface area contributed by atoms with Crippen molar-refractivity contribution in [3.8, 4) is 0 Å². The number of benzene rings is 1. The Bertz CT molecular complexity index is 1010. The molecule has 4 rings (SSSR count). The number of sulfonamides is 1. The van der Waals surface area contributed by atoms with Crippen LogP contribution in [0.5, 0.6) is 0 Å². The van der Waals surface area contributed by atoms with E-state index in [2.05, 4.69) is 28.5 Å². The highest BCUT2D eigenvalue weighted by atomic mass is 35.5. The number of rotatable bonds is 5. The van der Waals surface area contributed by atoms with Crippen molar-refractivity contribution in [2.45, 2.75) is 43.7 Å². The molecule has 0 bridgehead atoms. The van der Waals surface area contributed by atoms with Gasteiger partial charge < -0.3 is 4.90 Å². The van der Waals surface area contributed by atoms with Crippen LogP contribution in [0.25, 0.3) is 0 Å². The van der Waals surface area contributed by atoms with Gasteiger partial charge in [-0.3, -0.25) is 9.62 Å². The van der Waals surface area contributed by atoms with Crippen LogP contribution < -0.4 is 9.62 Å². The average molecular weight is 459 g/mol. The van der Waals surface area contributed by atoms with Crippen LogP contribution in [0.4, 0.5) is 15.2 Å². The Morgan fingerprint density at radius 3 is 2.86 bits per heavy atom. The number of nitrogens with one attached hydrogen (secondary N) is 1. The molecule has 1 aromatic carbocycles. The van der Waals surface area contributed by atoms with Gasteiger partial charge in [-0.1, -0.05) is 25.4 Å². The van der Waals surface area contributed by atoms with Crippen LogP contribution in [-0.2, 0) is 10.0 Å². The molecule has 158 valence electrons. The summed E-state index contributed by atoms with van der Waals surface area (Å²) in [4.78, 5) is 7.89. The monoisotopic (exact) mass is 458 g/mol. The van der Waals surface area contributed by atoms with Gasteiger partial charge in [0, 0.05) is 49.9 Å². The Kier molecular flexibility index (Phi) is 5.30. The molecule has 2 fully saturated rings. The first-order valence-corrected chi connectivity index (χ1v) is 12.2. The van der Waals surface area contributed by atoms with Gasteiger partial charge in [-0.15, -0.1) is 11.3 Å². The second kappa shape index (κ2) is 7.37. The smallest absolute Gasteiger partial charge is 0.266 e. The van der Waals surface area contributed by atoms with Gasteiger partial charge >= 0.3 is 0 Å². The Morgan fingerprint density at radius 2 is 2.17 bits per heavy atom. The van der Waals surface area contributed by atoms with Gasteiger partial charge in [0.1, 0.15) is 10.7 Å². The number of likely N-dealkylation sites (N-methyl/N-ethyl adjacent to an activating group) is 1. The number of hydrogen-bond donors (Lipinski definition) is 1. The summed E-state index contributed by atoms with van der Waals surface area (Å²) in [6, 6.07) is 3.01. The topological polar surface area (TPSA) is 65.5 Å². The lowest BCUT2D eigenvalue weighted by molar-refractivity contribution is 0.292. The molecule has 2 saturated heterocycles. The van der Waals surface area contributed by atoms with Gasteiger partial charge in [0.05, 0.1) is 10.7 Å². The van der Waals surface area contributed by atoms with Crippen LogP contribution in [0, 0.1) is 11.2 Å². The molecule has 2 aliphatic rings. The Morgan fingerprint density at radius 1 is 1.41 bits per heavy atom. The average Bonchev–Trinajstić information content (AvgIpc) is 3.31. The molecule has 0 spiro atoms. The quantitative estimate of drug-likeness (QED) is 0.732. The van der Waals surface area contributed by atoms with Crippen LogP contribution in [0.1, 0.15) is 26.7 Å². The molecular formula is C19H24ClFN4O2S2. The van der Waals surface area contributed by atoms with Gasteiger partial charge in [-0.2, -0.15) is 0 Å². The summed E-state index contributed by atoms with van der Waals surface area (Å²) in [6.07, 6.45) is 3.52. The summed E-state index contributed by atoms with van der Waals surface area (Å²) < 4.78 is 42.3. The van der Waals surface area contributed by atoms with Crippen molar-refractivity contribution in [1.82, 2.24) is 9.88 Å². The number of thiazole rings is 1. The highest BCUT2D eigenvalue weighted by molar-refractivity contribution is 7.93. The molecule has 29 heavy (non-hydrogen) atoms. The number of halogens is 2. The molecule has 0 saturated carbocycles. The predicted octanol–water partition coefficient (Wildman–Crippen LogP) is 4.05. The number of aromatic nitrogens is 1. The van der Waals surface area contributed by atoms with Crippen LogP contribution in [0.3, 0.4) is 0 Å². The summed E-state index contributed by atoms with van der Waals surface area (Å²) in [7, 11) is -2.21. The first-order valence-electron chi connectivity index (χ1n) is 9.46. The van der Waals surface area contributed by atoms with E-state index in [1.165, 1.54) is 18.3 Å². The SMILES string of the molecule is CN(c1cc(F)c(S(=O)(=O)Nc2nccs2)cc1Cl)[C@@H]1CCN2CC(C)(C)CC12. The molecular weight excluding hydrogens is 435 g/mol. The van der Waals surface area contributed by atoms with Crippen molar-refractivity contribution in [2.24, 2.45) is 5.41 Å². The van der Waals surface area contributed by atoms with Gasteiger partial charge in [0.25, 0.3) is 10.0 Å². The minimum absolute atomic E-state index is 0.177. The van der Waals surface area contributed by atoms with Crippen molar-refractivity contribution in [1.29, 1.82) is 0 Å². The first-order chi connectivity index (χ1) is 13.6. The second-order valence-electron chi connectivity index (χ2n) is 8.55. The summed E-state index contributed by atoms with van der Waals surface area (Å²) in [6.45, 7) is 6.60. The molecule has 6 nitrogen and oxygen atoms in total. The lowest BCUT2D eigenvalue weighted by Gasteiger charge is -2.32. The Labute approximate surface area is 179 Å². The summed E-state index contributed by atoms with van der Waals surface area (Å²) in [5, 5.41) is 2.02. The number of nitrogens with zero attached hydrogens (tertiary/aromatic N) is 3. The third-order valence-corrected chi connectivity index (χ3v) is 8.31. The van der Waals surface area contributed by atoms with E-state index in [1.807, 2.05) is 11.9 Å². The highest BCUT2D eigenvalue weighted by Crippen LogP contribution is 2.42. The van der Waals surface area contributed by atoms with Crippen LogP contribution >= 0.6 is 22.9 Å². The first kappa shape index (κ1) is 20.8. The number of hydrogen-bond acceptors (Lipinski definition) is 6. The zero-order chi connectivity index (χ0) is 21.0. The van der Waals surface area contributed by atoms with E-state index < -0.39 is 20.7 Å². The van der Waals surface area contributed by atoms with Crippen LogP contribution in [0.15, 0.2) is 28.6 Å². The molecule has 2 atom stereocenters. The fourth-order valence-corrected chi connectivity index (χ4v) is 6.85. The predicted molar refractivity (Wildman–Crippen MR) is 115 cm³/mol. The lowest BCUT2D eigenvalue weighted by Crippen LogP contribution is -2.40. The zero-order valence-corrected chi connectivity index (χ0v) is 18.9. The Balaban J connectivity index is 1.60. The molecule has 1 unspecified atom stereocenters. The summed E-state index contributed by atoms with van der Waals surface area (Å²) in [5.41, 5.74) is 0.771. The minimum Gasteiger partial charge on any atom is -0.369 e. The molecule has 0 aliphatic carbocycles. The van der Waals surface area contributed by atoms with E-state index in [0.29, 0.717) is 11.7 Å². The Hall–Kier alpha value is -1.42. The van der Waals surface area contributed by atoms with Crippen molar-refractivity contribution in [3.63, 3.8) is 0 Å². The summed E-state index contributed by atoms with van der Waals surface area (Å²) in [5.74, 6) is -0.832. The number of fused-ring (bicyclic) bond motifs is 1. The fourth-order valence-electron chi connectivity index (χ4n) is 4.61. The van der Waals surface area contributed by atoms with E-state index in [0.717, 1.165) is 37.3 Å². The fraction of sp³-hybridized carbons (Fsp3) is 0.526. The van der Waals surface area contributed by atoms with E-state index in [1.54, 1.807) is 5.38 Å². The van der Waals surface area contributed by atoms with Gasteiger partial charge in [-0.05, 0) is 24.3 Å². The molecule has 10 heteroatoms. The van der Waals surface area contributed by atoms with Crippen molar-refractivity contribution in [2.75, 3.05) is 29.8 Å². The third-order valence-electron chi connectivity index (χ3n) is 5.84. The molecule has 3 heterocycles. The maximum atomic E-state index is 14.9. The maximum absolute atomic E-state index is 14.9. The van der Waals surface area contributed by atoms with E-state index in [-0.39, 0.29) is 21.6 Å². The molecule has 0 radical (unpaired) electrons. The van der Waals surface area contributed by atoms with Crippen molar-refractivity contribution < 1.29 is 12.8 Å². The van der Waals surface area contributed by atoms with E-state index in [4.69, 9.17) is 11.6 Å². The third kappa shape index (κ3) is 3.97. The molecule has 1 aromatic heterocycles. The van der Waals surface area contributed by atoms with E-state index >= 15 is 0 Å². The van der Waals surface area contributed by atoms with Gasteiger partial charge in [0.2, 0.25) is 0 Å². The normalized spacial score (nSPS) is 23.9. The van der Waals surface area contributed by atoms with Crippen molar-refractivity contribution >= 4 is 43.8 Å².